The third kappa shape index (κ3) is 3.41. The van der Waals surface area contributed by atoms with Crippen LogP contribution in [0.15, 0.2) is 22.7 Å². The van der Waals surface area contributed by atoms with Crippen LogP contribution in [-0.4, -0.2) is 6.61 Å². The summed E-state index contributed by atoms with van der Waals surface area (Å²) in [5.41, 5.74) is -0.745. The van der Waals surface area contributed by atoms with Crippen molar-refractivity contribution in [2.24, 2.45) is 0 Å². The maximum absolute atomic E-state index is 12.6. The Labute approximate surface area is 94.4 Å². The average molecular weight is 283 g/mol. The molecule has 0 aliphatic heterocycles. The van der Waals surface area contributed by atoms with E-state index in [0.29, 0.717) is 10.9 Å². The van der Waals surface area contributed by atoms with E-state index in [1.807, 2.05) is 6.92 Å². The van der Waals surface area contributed by atoms with Gasteiger partial charge in [-0.25, -0.2) is 0 Å². The molecule has 0 saturated heterocycles. The van der Waals surface area contributed by atoms with Crippen LogP contribution in [0.2, 0.25) is 0 Å². The van der Waals surface area contributed by atoms with Crippen LogP contribution in [0.4, 0.5) is 13.2 Å². The summed E-state index contributed by atoms with van der Waals surface area (Å²) in [7, 11) is 0. The summed E-state index contributed by atoms with van der Waals surface area (Å²) in [6, 6.07) is 3.87. The zero-order valence-corrected chi connectivity index (χ0v) is 9.65. The van der Waals surface area contributed by atoms with E-state index in [1.54, 1.807) is 0 Å². The highest BCUT2D eigenvalue weighted by atomic mass is 79.9. The normalized spacial score (nSPS) is 11.5. The lowest BCUT2D eigenvalue weighted by Crippen LogP contribution is -2.09. The molecular weight excluding hydrogens is 273 g/mol. The number of ether oxygens (including phenoxy) is 1. The van der Waals surface area contributed by atoms with E-state index < -0.39 is 11.7 Å². The van der Waals surface area contributed by atoms with Gasteiger partial charge in [-0.05, 0) is 24.6 Å². The summed E-state index contributed by atoms with van der Waals surface area (Å²) in [5.74, 6) is -0.118. The molecule has 1 aromatic carbocycles. The monoisotopic (exact) mass is 282 g/mol. The van der Waals surface area contributed by atoms with Gasteiger partial charge in [0.1, 0.15) is 5.75 Å². The van der Waals surface area contributed by atoms with Crippen molar-refractivity contribution in [3.05, 3.63) is 28.2 Å². The van der Waals surface area contributed by atoms with Gasteiger partial charge in [0.25, 0.3) is 0 Å². The van der Waals surface area contributed by atoms with Crippen molar-refractivity contribution >= 4 is 15.9 Å². The smallest absolute Gasteiger partial charge is 0.420 e. The molecule has 1 nitrogen and oxygen atoms in total. The zero-order valence-electron chi connectivity index (χ0n) is 8.07. The lowest BCUT2D eigenvalue weighted by atomic mass is 10.2. The molecule has 0 atom stereocenters. The van der Waals surface area contributed by atoms with Crippen molar-refractivity contribution in [2.75, 3.05) is 6.61 Å². The average Bonchev–Trinajstić information content (AvgIpc) is 2.14. The van der Waals surface area contributed by atoms with Crippen molar-refractivity contribution in [1.29, 1.82) is 0 Å². The van der Waals surface area contributed by atoms with Crippen LogP contribution in [0.1, 0.15) is 18.9 Å². The third-order valence-electron chi connectivity index (χ3n) is 1.71. The van der Waals surface area contributed by atoms with Crippen LogP contribution in [0, 0.1) is 0 Å². The van der Waals surface area contributed by atoms with E-state index in [1.165, 1.54) is 12.1 Å². The fraction of sp³-hybridized carbons (Fsp3) is 0.400. The predicted molar refractivity (Wildman–Crippen MR) is 54.9 cm³/mol. The van der Waals surface area contributed by atoms with Crippen LogP contribution in [0.5, 0.6) is 5.75 Å². The van der Waals surface area contributed by atoms with E-state index in [2.05, 4.69) is 15.9 Å². The molecular formula is C10H10BrF3O. The molecule has 1 aromatic rings. The molecule has 0 N–H and O–H groups in total. The number of rotatable bonds is 3. The Morgan fingerprint density at radius 3 is 2.53 bits per heavy atom. The van der Waals surface area contributed by atoms with Crippen molar-refractivity contribution in [2.45, 2.75) is 19.5 Å². The molecule has 0 amide bonds. The Hall–Kier alpha value is -0.710. The van der Waals surface area contributed by atoms with Crippen molar-refractivity contribution in [3.8, 4) is 5.75 Å². The van der Waals surface area contributed by atoms with Crippen LogP contribution in [-0.2, 0) is 6.18 Å². The highest BCUT2D eigenvalue weighted by Crippen LogP contribution is 2.37. The summed E-state index contributed by atoms with van der Waals surface area (Å²) in [4.78, 5) is 0. The molecule has 0 bridgehead atoms. The SMILES string of the molecule is CCCOc1ccc(Br)cc1C(F)(F)F. The van der Waals surface area contributed by atoms with Gasteiger partial charge in [-0.1, -0.05) is 22.9 Å². The van der Waals surface area contributed by atoms with Gasteiger partial charge < -0.3 is 4.74 Å². The van der Waals surface area contributed by atoms with Gasteiger partial charge >= 0.3 is 6.18 Å². The number of hydrogen-bond donors (Lipinski definition) is 0. The van der Waals surface area contributed by atoms with Gasteiger partial charge in [0, 0.05) is 4.47 Å². The topological polar surface area (TPSA) is 9.23 Å². The third-order valence-corrected chi connectivity index (χ3v) is 2.20. The summed E-state index contributed by atoms with van der Waals surface area (Å²) >= 11 is 3.00. The standard InChI is InChI=1S/C10H10BrF3O/c1-2-5-15-9-4-3-7(11)6-8(9)10(12,13)14/h3-4,6H,2,5H2,1H3. The van der Waals surface area contributed by atoms with Gasteiger partial charge in [0.15, 0.2) is 0 Å². The summed E-state index contributed by atoms with van der Waals surface area (Å²) in [6.07, 6.45) is -3.71. The number of benzene rings is 1. The Balaban J connectivity index is 3.04. The molecule has 0 spiro atoms. The lowest BCUT2D eigenvalue weighted by molar-refractivity contribution is -0.139. The highest BCUT2D eigenvalue weighted by molar-refractivity contribution is 9.10. The van der Waals surface area contributed by atoms with Gasteiger partial charge in [0.05, 0.1) is 12.2 Å². The number of alkyl halides is 3. The minimum absolute atomic E-state index is 0.118. The van der Waals surface area contributed by atoms with Crippen LogP contribution in [0.25, 0.3) is 0 Å². The molecule has 0 aliphatic rings. The summed E-state index contributed by atoms with van der Waals surface area (Å²) < 4.78 is 43.1. The van der Waals surface area contributed by atoms with Gasteiger partial charge in [-0.3, -0.25) is 0 Å². The van der Waals surface area contributed by atoms with Crippen molar-refractivity contribution in [1.82, 2.24) is 0 Å². The molecule has 0 saturated carbocycles. The lowest BCUT2D eigenvalue weighted by Gasteiger charge is -2.13. The van der Waals surface area contributed by atoms with Gasteiger partial charge in [-0.15, -0.1) is 0 Å². The first kappa shape index (κ1) is 12.4. The van der Waals surface area contributed by atoms with E-state index in [9.17, 15) is 13.2 Å². The Morgan fingerprint density at radius 2 is 2.00 bits per heavy atom. The second kappa shape index (κ2) is 4.88. The molecule has 0 radical (unpaired) electrons. The maximum Gasteiger partial charge on any atom is 0.420 e. The van der Waals surface area contributed by atoms with E-state index in [-0.39, 0.29) is 12.4 Å². The van der Waals surface area contributed by atoms with E-state index in [0.717, 1.165) is 6.07 Å². The fourth-order valence-corrected chi connectivity index (χ4v) is 1.42. The highest BCUT2D eigenvalue weighted by Gasteiger charge is 2.34. The van der Waals surface area contributed by atoms with Crippen molar-refractivity contribution < 1.29 is 17.9 Å². The minimum atomic E-state index is -4.38. The molecule has 15 heavy (non-hydrogen) atoms. The summed E-state index contributed by atoms with van der Waals surface area (Å²) in [6.45, 7) is 2.12. The maximum atomic E-state index is 12.6. The zero-order chi connectivity index (χ0) is 11.5. The molecule has 0 aromatic heterocycles. The number of hydrogen-bond acceptors (Lipinski definition) is 1. The molecule has 0 heterocycles. The van der Waals surface area contributed by atoms with Crippen LogP contribution < -0.4 is 4.74 Å². The second-order valence-electron chi connectivity index (χ2n) is 2.99. The predicted octanol–water partition coefficient (Wildman–Crippen LogP) is 4.26. The molecule has 0 fully saturated rings. The second-order valence-corrected chi connectivity index (χ2v) is 3.90. The Morgan fingerprint density at radius 1 is 1.33 bits per heavy atom. The first-order valence-electron chi connectivity index (χ1n) is 4.44. The largest absolute Gasteiger partial charge is 0.493 e. The molecule has 5 heteroatoms. The molecule has 84 valence electrons. The number of halogens is 4. The summed E-state index contributed by atoms with van der Waals surface area (Å²) in [5, 5.41) is 0. The fourth-order valence-electron chi connectivity index (χ4n) is 1.06. The molecule has 0 unspecified atom stereocenters. The van der Waals surface area contributed by atoms with Crippen LogP contribution >= 0.6 is 15.9 Å². The molecule has 0 aliphatic carbocycles. The van der Waals surface area contributed by atoms with E-state index in [4.69, 9.17) is 4.74 Å². The van der Waals surface area contributed by atoms with E-state index >= 15 is 0 Å². The van der Waals surface area contributed by atoms with Gasteiger partial charge in [0.2, 0.25) is 0 Å². The Bertz CT molecular complexity index is 336. The first-order chi connectivity index (χ1) is 6.95. The van der Waals surface area contributed by atoms with Crippen LogP contribution in [0.3, 0.4) is 0 Å². The minimum Gasteiger partial charge on any atom is -0.493 e. The first-order valence-corrected chi connectivity index (χ1v) is 5.24. The Kier molecular flexibility index (Phi) is 4.02. The van der Waals surface area contributed by atoms with Gasteiger partial charge in [-0.2, -0.15) is 13.2 Å². The van der Waals surface area contributed by atoms with Crippen molar-refractivity contribution in [3.63, 3.8) is 0 Å². The quantitative estimate of drug-likeness (QED) is 0.805. The molecule has 1 rings (SSSR count).